The van der Waals surface area contributed by atoms with Crippen LogP contribution >= 0.6 is 0 Å². The van der Waals surface area contributed by atoms with Crippen LogP contribution < -0.4 is 5.32 Å². The molecule has 0 aromatic heterocycles. The van der Waals surface area contributed by atoms with Gasteiger partial charge in [-0.05, 0) is 30.9 Å². The van der Waals surface area contributed by atoms with Gasteiger partial charge in [-0.15, -0.1) is 0 Å². The van der Waals surface area contributed by atoms with Crippen LogP contribution in [0.25, 0.3) is 0 Å². The second-order valence-electron chi connectivity index (χ2n) is 5.47. The fraction of sp³-hybridized carbons (Fsp3) is 0.533. The summed E-state index contributed by atoms with van der Waals surface area (Å²) in [5.41, 5.74) is 0.777. The van der Waals surface area contributed by atoms with Crippen molar-refractivity contribution < 1.29 is 4.92 Å². The average molecular weight is 273 g/mol. The van der Waals surface area contributed by atoms with Crippen molar-refractivity contribution in [3.05, 3.63) is 33.9 Å². The summed E-state index contributed by atoms with van der Waals surface area (Å²) in [6.45, 7) is 2.24. The van der Waals surface area contributed by atoms with Crippen molar-refractivity contribution in [2.24, 2.45) is 5.92 Å². The maximum absolute atomic E-state index is 10.8. The van der Waals surface area contributed by atoms with E-state index in [1.165, 1.54) is 31.7 Å². The second-order valence-corrected chi connectivity index (χ2v) is 5.47. The number of nitro benzene ring substituents is 1. The highest BCUT2D eigenvalue weighted by atomic mass is 16.6. The van der Waals surface area contributed by atoms with Gasteiger partial charge in [0.15, 0.2) is 0 Å². The van der Waals surface area contributed by atoms with E-state index in [0.29, 0.717) is 12.0 Å². The molecule has 5 heteroatoms. The number of hydrogen-bond donors (Lipinski definition) is 1. The molecule has 2 unspecified atom stereocenters. The van der Waals surface area contributed by atoms with Crippen molar-refractivity contribution in [2.75, 3.05) is 5.32 Å². The number of nitro groups is 1. The fourth-order valence-electron chi connectivity index (χ4n) is 2.80. The smallest absolute Gasteiger partial charge is 0.287 e. The topological polar surface area (TPSA) is 79.0 Å². The van der Waals surface area contributed by atoms with E-state index in [1.54, 1.807) is 12.1 Å². The molecule has 2 atom stereocenters. The van der Waals surface area contributed by atoms with E-state index in [9.17, 15) is 10.1 Å². The van der Waals surface area contributed by atoms with Crippen LogP contribution in [0.15, 0.2) is 18.2 Å². The summed E-state index contributed by atoms with van der Waals surface area (Å²) in [6, 6.07) is 6.95. The monoisotopic (exact) mass is 273 g/mol. The zero-order chi connectivity index (χ0) is 14.5. The first-order valence-corrected chi connectivity index (χ1v) is 7.07. The zero-order valence-electron chi connectivity index (χ0n) is 11.6. The Morgan fingerprint density at radius 3 is 2.80 bits per heavy atom. The van der Waals surface area contributed by atoms with E-state index in [4.69, 9.17) is 5.26 Å². The lowest BCUT2D eigenvalue weighted by atomic mass is 9.96. The number of nitrogens with zero attached hydrogens (tertiary/aromatic N) is 2. The molecule has 0 saturated heterocycles. The van der Waals surface area contributed by atoms with E-state index >= 15 is 0 Å². The van der Waals surface area contributed by atoms with Crippen LogP contribution in [0.4, 0.5) is 11.4 Å². The largest absolute Gasteiger partial charge is 0.382 e. The van der Waals surface area contributed by atoms with E-state index in [2.05, 4.69) is 12.2 Å². The summed E-state index contributed by atoms with van der Waals surface area (Å²) >= 11 is 0. The number of nitriles is 1. The Labute approximate surface area is 118 Å². The summed E-state index contributed by atoms with van der Waals surface area (Å²) in [6.07, 6.45) is 6.06. The fourth-order valence-corrected chi connectivity index (χ4v) is 2.80. The molecule has 0 heterocycles. The summed E-state index contributed by atoms with van der Waals surface area (Å²) in [5.74, 6) is 0.582. The van der Waals surface area contributed by atoms with Crippen LogP contribution in [0.5, 0.6) is 0 Å². The Hall–Kier alpha value is -2.09. The molecular weight excluding hydrogens is 254 g/mol. The Balaban J connectivity index is 2.17. The Morgan fingerprint density at radius 2 is 2.10 bits per heavy atom. The van der Waals surface area contributed by atoms with E-state index in [0.717, 1.165) is 12.1 Å². The summed E-state index contributed by atoms with van der Waals surface area (Å²) < 4.78 is 0. The highest BCUT2D eigenvalue weighted by Crippen LogP contribution is 2.28. The van der Waals surface area contributed by atoms with Crippen molar-refractivity contribution in [3.8, 4) is 6.07 Å². The first-order valence-electron chi connectivity index (χ1n) is 7.07. The molecule has 0 bridgehead atoms. The van der Waals surface area contributed by atoms with Gasteiger partial charge in [-0.1, -0.05) is 26.2 Å². The molecule has 0 radical (unpaired) electrons. The van der Waals surface area contributed by atoms with Crippen molar-refractivity contribution in [1.82, 2.24) is 0 Å². The van der Waals surface area contributed by atoms with Crippen LogP contribution in [0, 0.1) is 27.4 Å². The lowest BCUT2D eigenvalue weighted by Crippen LogP contribution is -2.26. The molecule has 106 valence electrons. The minimum atomic E-state index is -0.517. The Kier molecular flexibility index (Phi) is 4.57. The predicted molar refractivity (Wildman–Crippen MR) is 77.5 cm³/mol. The van der Waals surface area contributed by atoms with E-state index in [-0.39, 0.29) is 11.3 Å². The SMILES string of the molecule is CC1CCCCCC1Nc1ccc([N+](=O)[O-])c(C#N)c1. The second kappa shape index (κ2) is 6.38. The van der Waals surface area contributed by atoms with Crippen molar-refractivity contribution in [3.63, 3.8) is 0 Å². The first-order chi connectivity index (χ1) is 9.61. The number of nitrogens with one attached hydrogen (secondary N) is 1. The third-order valence-electron chi connectivity index (χ3n) is 4.03. The number of hydrogen-bond acceptors (Lipinski definition) is 4. The highest BCUT2D eigenvalue weighted by Gasteiger charge is 2.21. The summed E-state index contributed by atoms with van der Waals surface area (Å²) in [4.78, 5) is 10.3. The van der Waals surface area contributed by atoms with Crippen LogP contribution in [-0.4, -0.2) is 11.0 Å². The maximum Gasteiger partial charge on any atom is 0.287 e. The Bertz CT molecular complexity index is 536. The van der Waals surface area contributed by atoms with Crippen molar-refractivity contribution in [2.45, 2.75) is 45.1 Å². The molecule has 20 heavy (non-hydrogen) atoms. The maximum atomic E-state index is 10.8. The van der Waals surface area contributed by atoms with Crippen LogP contribution in [0.2, 0.25) is 0 Å². The molecule has 0 aliphatic heterocycles. The quantitative estimate of drug-likeness (QED) is 0.515. The van der Waals surface area contributed by atoms with Gasteiger partial charge in [-0.3, -0.25) is 10.1 Å². The number of rotatable bonds is 3. The van der Waals surface area contributed by atoms with Gasteiger partial charge in [0.25, 0.3) is 5.69 Å². The van der Waals surface area contributed by atoms with E-state index < -0.39 is 4.92 Å². The first kappa shape index (κ1) is 14.3. The van der Waals surface area contributed by atoms with Gasteiger partial charge >= 0.3 is 0 Å². The normalized spacial score (nSPS) is 22.6. The van der Waals surface area contributed by atoms with Crippen LogP contribution in [0.3, 0.4) is 0 Å². The third kappa shape index (κ3) is 3.27. The van der Waals surface area contributed by atoms with E-state index in [1.807, 2.05) is 6.07 Å². The van der Waals surface area contributed by atoms with Crippen LogP contribution in [-0.2, 0) is 0 Å². The van der Waals surface area contributed by atoms with Crippen LogP contribution in [0.1, 0.15) is 44.6 Å². The molecule has 5 nitrogen and oxygen atoms in total. The zero-order valence-corrected chi connectivity index (χ0v) is 11.6. The lowest BCUT2D eigenvalue weighted by Gasteiger charge is -2.24. The van der Waals surface area contributed by atoms with Crippen molar-refractivity contribution >= 4 is 11.4 Å². The van der Waals surface area contributed by atoms with Crippen molar-refractivity contribution in [1.29, 1.82) is 5.26 Å². The minimum absolute atomic E-state index is 0.112. The van der Waals surface area contributed by atoms with Gasteiger partial charge in [-0.25, -0.2) is 0 Å². The summed E-state index contributed by atoms with van der Waals surface area (Å²) in [5, 5.41) is 23.3. The molecule has 1 fully saturated rings. The molecule has 0 amide bonds. The molecule has 1 aromatic carbocycles. The van der Waals surface area contributed by atoms with Gasteiger partial charge in [0.05, 0.1) is 4.92 Å². The molecular formula is C15H19N3O2. The molecule has 0 spiro atoms. The Morgan fingerprint density at radius 1 is 1.35 bits per heavy atom. The summed E-state index contributed by atoms with van der Waals surface area (Å²) in [7, 11) is 0. The molecule has 1 aromatic rings. The third-order valence-corrected chi connectivity index (χ3v) is 4.03. The van der Waals surface area contributed by atoms with Gasteiger partial charge < -0.3 is 5.32 Å². The van der Waals surface area contributed by atoms with Gasteiger partial charge in [0.1, 0.15) is 11.6 Å². The average Bonchev–Trinajstić information content (AvgIpc) is 2.64. The molecule has 2 rings (SSSR count). The van der Waals surface area contributed by atoms with Gasteiger partial charge in [-0.2, -0.15) is 5.26 Å². The lowest BCUT2D eigenvalue weighted by molar-refractivity contribution is -0.385. The number of anilines is 1. The highest BCUT2D eigenvalue weighted by molar-refractivity contribution is 5.59. The van der Waals surface area contributed by atoms with Gasteiger partial charge in [0, 0.05) is 17.8 Å². The molecule has 1 aliphatic rings. The molecule has 1 aliphatic carbocycles. The standard InChI is InChI=1S/C15H19N3O2/c1-11-5-3-2-4-6-14(11)17-13-7-8-15(18(19)20)12(9-13)10-16/h7-9,11,14,17H,2-6H2,1H3. The number of benzene rings is 1. The van der Waals surface area contributed by atoms with Gasteiger partial charge in [0.2, 0.25) is 0 Å². The predicted octanol–water partition coefficient (Wildman–Crippen LogP) is 3.85. The minimum Gasteiger partial charge on any atom is -0.382 e. The molecule has 1 N–H and O–H groups in total. The molecule has 1 saturated carbocycles.